The molecule has 0 saturated carbocycles. The first-order valence-corrected chi connectivity index (χ1v) is 15.0. The summed E-state index contributed by atoms with van der Waals surface area (Å²) in [5.41, 5.74) is 3.94. The molecule has 0 fully saturated rings. The Hall–Kier alpha value is -3.68. The zero-order valence-corrected chi connectivity index (χ0v) is 28.8. The number of nitrogens with one attached hydrogen (secondary N) is 1. The molecule has 0 unspecified atom stereocenters. The van der Waals surface area contributed by atoms with Crippen LogP contribution >= 0.6 is 0 Å². The number of aromatic nitrogens is 1. The molecule has 4 rings (SSSR count). The number of carbonyl (C=O) groups is 2. The number of carboxylic acids is 1. The normalized spacial score (nSPS) is 12.7. The smallest absolute Gasteiger partial charge is 0.550 e. The maximum atomic E-state index is 14.1. The summed E-state index contributed by atoms with van der Waals surface area (Å²) in [7, 11) is 0. The van der Waals surface area contributed by atoms with Gasteiger partial charge in [-0.15, -0.1) is 13.2 Å². The first-order chi connectivity index (χ1) is 22.2. The van der Waals surface area contributed by atoms with Crippen LogP contribution < -0.4 is 44.7 Å². The number of amides is 1. The summed E-state index contributed by atoms with van der Waals surface area (Å²) in [6, 6.07) is 19.7. The van der Waals surface area contributed by atoms with Crippen molar-refractivity contribution in [1.82, 2.24) is 9.88 Å². The summed E-state index contributed by atoms with van der Waals surface area (Å²) in [4.78, 5) is 25.0. The number of hydrogen-bond donors (Lipinski definition) is 3. The fraction of sp³-hybridized carbons (Fsp3) is 0.314. The zero-order valence-electron chi connectivity index (χ0n) is 26.8. The van der Waals surface area contributed by atoms with Gasteiger partial charge in [-0.2, -0.15) is 0 Å². The van der Waals surface area contributed by atoms with Gasteiger partial charge in [-0.05, 0) is 74.1 Å². The third kappa shape index (κ3) is 10.4. The van der Waals surface area contributed by atoms with E-state index in [0.717, 1.165) is 12.1 Å². The molecule has 0 saturated heterocycles. The molecule has 0 bridgehead atoms. The van der Waals surface area contributed by atoms with E-state index in [-0.39, 0.29) is 67.1 Å². The van der Waals surface area contributed by atoms with Crippen LogP contribution in [-0.2, 0) is 17.8 Å². The molecular formula is C35H35F4N2NaO6. The second kappa shape index (κ2) is 17.1. The van der Waals surface area contributed by atoms with E-state index in [1.807, 2.05) is 48.7 Å². The topological polar surface area (TPSA) is 124 Å². The average Bonchev–Trinajstić information content (AvgIpc) is 3.34. The fourth-order valence-electron chi connectivity index (χ4n) is 5.58. The first kappa shape index (κ1) is 38.8. The molecule has 0 aliphatic carbocycles. The number of aliphatic hydroxyl groups excluding tert-OH is 2. The Labute approximate surface area is 297 Å². The quantitative estimate of drug-likeness (QED) is 0.139. The molecule has 2 atom stereocenters. The third-order valence-electron chi connectivity index (χ3n) is 7.50. The number of carboxylic acid groups (broad SMARTS) is 1. The van der Waals surface area contributed by atoms with Crippen molar-refractivity contribution in [2.75, 3.05) is 0 Å². The Morgan fingerprint density at radius 3 is 2.06 bits per heavy atom. The van der Waals surface area contributed by atoms with Crippen LogP contribution in [0.2, 0.25) is 0 Å². The number of carbonyl (C=O) groups excluding carboxylic acids is 2. The van der Waals surface area contributed by atoms with E-state index in [1.54, 1.807) is 12.1 Å². The molecule has 13 heteroatoms. The molecule has 48 heavy (non-hydrogen) atoms. The molecule has 3 aromatic carbocycles. The largest absolute Gasteiger partial charge is 1.00 e. The fourth-order valence-corrected chi connectivity index (χ4v) is 5.58. The van der Waals surface area contributed by atoms with Gasteiger partial charge in [0.15, 0.2) is 0 Å². The van der Waals surface area contributed by atoms with Gasteiger partial charge in [0, 0.05) is 41.8 Å². The van der Waals surface area contributed by atoms with E-state index in [0.29, 0.717) is 33.5 Å². The number of rotatable bonds is 14. The van der Waals surface area contributed by atoms with E-state index < -0.39 is 48.4 Å². The summed E-state index contributed by atoms with van der Waals surface area (Å²) < 4.78 is 57.6. The van der Waals surface area contributed by atoms with Gasteiger partial charge < -0.3 is 34.7 Å². The zero-order chi connectivity index (χ0) is 34.3. The monoisotopic (exact) mass is 678 g/mol. The van der Waals surface area contributed by atoms with Crippen molar-refractivity contribution in [3.05, 3.63) is 102 Å². The summed E-state index contributed by atoms with van der Waals surface area (Å²) in [5.74, 6) is -2.77. The van der Waals surface area contributed by atoms with Crippen LogP contribution in [0.4, 0.5) is 17.6 Å². The molecule has 4 aromatic rings. The molecule has 3 N–H and O–H groups in total. The molecule has 1 aromatic heterocycles. The van der Waals surface area contributed by atoms with Gasteiger partial charge in [0.25, 0.3) is 5.91 Å². The van der Waals surface area contributed by atoms with E-state index in [1.165, 1.54) is 24.3 Å². The van der Waals surface area contributed by atoms with Gasteiger partial charge in [-0.25, -0.2) is 4.39 Å². The van der Waals surface area contributed by atoms with Gasteiger partial charge in [-0.1, -0.05) is 54.6 Å². The van der Waals surface area contributed by atoms with Gasteiger partial charge in [-0.3, -0.25) is 4.79 Å². The van der Waals surface area contributed by atoms with E-state index in [2.05, 4.69) is 10.1 Å². The Morgan fingerprint density at radius 2 is 1.50 bits per heavy atom. The second-order valence-corrected chi connectivity index (χ2v) is 11.4. The van der Waals surface area contributed by atoms with Crippen molar-refractivity contribution in [2.45, 2.75) is 70.7 Å². The van der Waals surface area contributed by atoms with Crippen LogP contribution in [0, 0.1) is 5.82 Å². The number of nitrogens with zero attached hydrogens (tertiary/aromatic N) is 1. The number of benzene rings is 3. The van der Waals surface area contributed by atoms with Crippen LogP contribution in [0.3, 0.4) is 0 Å². The minimum Gasteiger partial charge on any atom is -0.550 e. The number of alkyl halides is 3. The third-order valence-corrected chi connectivity index (χ3v) is 7.50. The Balaban J connectivity index is 0.00000625. The number of hydrogen-bond acceptors (Lipinski definition) is 6. The predicted octanol–water partition coefficient (Wildman–Crippen LogP) is 2.56. The van der Waals surface area contributed by atoms with E-state index >= 15 is 0 Å². The van der Waals surface area contributed by atoms with Gasteiger partial charge in [0.2, 0.25) is 0 Å². The van der Waals surface area contributed by atoms with Crippen molar-refractivity contribution >= 4 is 11.9 Å². The Bertz CT molecular complexity index is 1660. The molecule has 0 radical (unpaired) electrons. The SMILES string of the molecule is CC(C)n1c(CC[C@@H](O)C[C@@H](O)CC(=O)[O-])c(-c2ccc(F)cc2)c(-c2ccccc2)c1C(=O)NCc1ccc(OC(F)(F)F)cc1.[Na+]. The molecular weight excluding hydrogens is 643 g/mol. The number of halogens is 4. The van der Waals surface area contributed by atoms with E-state index in [9.17, 15) is 42.5 Å². The minimum atomic E-state index is -4.84. The summed E-state index contributed by atoms with van der Waals surface area (Å²) in [6.45, 7) is 3.74. The van der Waals surface area contributed by atoms with Crippen molar-refractivity contribution in [3.63, 3.8) is 0 Å². The van der Waals surface area contributed by atoms with E-state index in [4.69, 9.17) is 0 Å². The van der Waals surface area contributed by atoms with Gasteiger partial charge >= 0.3 is 35.9 Å². The average molecular weight is 679 g/mol. The number of aliphatic carboxylic acids is 1. The maximum Gasteiger partial charge on any atom is 1.00 e. The summed E-state index contributed by atoms with van der Waals surface area (Å²) in [6.07, 6.45) is -7.73. The van der Waals surface area contributed by atoms with Crippen molar-refractivity contribution in [3.8, 4) is 28.0 Å². The van der Waals surface area contributed by atoms with Crippen LogP contribution in [0.25, 0.3) is 22.3 Å². The summed E-state index contributed by atoms with van der Waals surface area (Å²) >= 11 is 0. The Morgan fingerprint density at radius 1 is 0.896 bits per heavy atom. The summed E-state index contributed by atoms with van der Waals surface area (Å²) in [5, 5.41) is 34.5. The molecule has 0 aliphatic heterocycles. The predicted molar refractivity (Wildman–Crippen MR) is 165 cm³/mol. The Kier molecular flexibility index (Phi) is 13.8. The number of aliphatic hydroxyl groups is 2. The molecule has 250 valence electrons. The van der Waals surface area contributed by atoms with Gasteiger partial charge in [0.1, 0.15) is 17.3 Å². The van der Waals surface area contributed by atoms with Crippen molar-refractivity contribution < 1.29 is 76.8 Å². The molecule has 8 nitrogen and oxygen atoms in total. The minimum absolute atomic E-state index is 0. The second-order valence-electron chi connectivity index (χ2n) is 11.4. The molecule has 0 aliphatic rings. The first-order valence-electron chi connectivity index (χ1n) is 15.0. The number of ether oxygens (including phenoxy) is 1. The molecule has 0 spiro atoms. The molecule has 1 heterocycles. The van der Waals surface area contributed by atoms with Crippen LogP contribution in [0.1, 0.15) is 60.9 Å². The van der Waals surface area contributed by atoms with Crippen LogP contribution in [0.5, 0.6) is 5.75 Å². The van der Waals surface area contributed by atoms with Crippen molar-refractivity contribution in [2.24, 2.45) is 0 Å². The molecule has 1 amide bonds. The standard InChI is InChI=1S/C35H36F4N2O6.Na/c1-21(2)41-29(17-14-26(42)18-27(43)19-30(44)45)31(24-10-12-25(36)13-11-24)32(23-6-4-3-5-7-23)33(41)34(46)40-20-22-8-15-28(16-9-22)47-35(37,38)39;/h3-13,15-16,21,26-27,42-43H,14,17-20H2,1-2H3,(H,40,46)(H,44,45);/q;+1/p-1/t26-,27-;/m1./s1. The van der Waals surface area contributed by atoms with Crippen LogP contribution in [0.15, 0.2) is 78.9 Å². The van der Waals surface area contributed by atoms with Gasteiger partial charge in [0.05, 0.1) is 12.2 Å². The van der Waals surface area contributed by atoms with Crippen LogP contribution in [-0.4, -0.2) is 45.2 Å². The maximum absolute atomic E-state index is 14.1. The van der Waals surface area contributed by atoms with Crippen molar-refractivity contribution in [1.29, 1.82) is 0 Å².